The minimum Gasteiger partial charge on any atom is -0.492 e. The van der Waals surface area contributed by atoms with Crippen molar-refractivity contribution in [3.05, 3.63) is 65.0 Å². The Bertz CT molecular complexity index is 966. The molecule has 0 radical (unpaired) electrons. The summed E-state index contributed by atoms with van der Waals surface area (Å²) in [6.45, 7) is 2.21. The maximum absolute atomic E-state index is 14.3. The van der Waals surface area contributed by atoms with E-state index in [-0.39, 0.29) is 11.3 Å². The van der Waals surface area contributed by atoms with Gasteiger partial charge in [0.05, 0.1) is 12.7 Å². The lowest BCUT2D eigenvalue weighted by Gasteiger charge is -2.15. The standard InChI is InChI=1S/C17H17FN2O2.C4H4O4/c1-11-7-8-12(9-19)17(15(11)18)22-14-6-4-5-13(10-20-2)16(14)21-3;5-3(6)1-2-4(7)8/h4-8,20H,10H2,1-3H3;1-2H,(H,5,6)(H,7,8). The number of para-hydroxylation sites is 1. The number of aryl methyl sites for hydroxylation is 1. The summed E-state index contributed by atoms with van der Waals surface area (Å²) in [6, 6.07) is 10.4. The molecule has 0 fully saturated rings. The van der Waals surface area contributed by atoms with Crippen LogP contribution in [0.2, 0.25) is 0 Å². The SMILES string of the molecule is CNCc1cccc(Oc2c(C#N)ccc(C)c2F)c1OC.O=C(O)C=CC(=O)O. The van der Waals surface area contributed by atoms with Crippen LogP contribution >= 0.6 is 0 Å². The van der Waals surface area contributed by atoms with Crippen molar-refractivity contribution < 1.29 is 33.7 Å². The second-order valence-corrected chi connectivity index (χ2v) is 5.78. The fraction of sp³-hybridized carbons (Fsp3) is 0.190. The van der Waals surface area contributed by atoms with E-state index in [1.54, 1.807) is 25.1 Å². The highest BCUT2D eigenvalue weighted by molar-refractivity contribution is 5.89. The van der Waals surface area contributed by atoms with Crippen LogP contribution in [0.3, 0.4) is 0 Å². The van der Waals surface area contributed by atoms with Crippen LogP contribution in [0.4, 0.5) is 4.39 Å². The first-order valence-electron chi connectivity index (χ1n) is 8.56. The van der Waals surface area contributed by atoms with Crippen molar-refractivity contribution in [2.75, 3.05) is 14.2 Å². The van der Waals surface area contributed by atoms with Gasteiger partial charge in [-0.2, -0.15) is 5.26 Å². The molecule has 3 N–H and O–H groups in total. The molecule has 0 amide bonds. The van der Waals surface area contributed by atoms with E-state index in [4.69, 9.17) is 24.9 Å². The number of hydrogen-bond donors (Lipinski definition) is 3. The number of hydrogen-bond acceptors (Lipinski definition) is 6. The summed E-state index contributed by atoms with van der Waals surface area (Å²) in [7, 11) is 3.35. The third-order valence-corrected chi connectivity index (χ3v) is 3.62. The summed E-state index contributed by atoms with van der Waals surface area (Å²) in [5.74, 6) is -2.25. The second kappa shape index (κ2) is 11.8. The number of ether oxygens (including phenoxy) is 2. The third kappa shape index (κ3) is 6.92. The lowest BCUT2D eigenvalue weighted by atomic mass is 10.1. The Balaban J connectivity index is 0.000000479. The molecule has 8 nitrogen and oxygen atoms in total. The van der Waals surface area contributed by atoms with Crippen molar-refractivity contribution in [3.8, 4) is 23.3 Å². The zero-order chi connectivity index (χ0) is 22.7. The van der Waals surface area contributed by atoms with Crippen molar-refractivity contribution >= 4 is 11.9 Å². The molecule has 0 bridgehead atoms. The molecule has 2 aromatic rings. The Morgan fingerprint density at radius 2 is 1.80 bits per heavy atom. The van der Waals surface area contributed by atoms with Gasteiger partial charge in [0.1, 0.15) is 6.07 Å². The number of aliphatic carboxylic acids is 2. The Hall–Kier alpha value is -3.90. The van der Waals surface area contributed by atoms with Crippen LogP contribution in [0.5, 0.6) is 17.2 Å². The van der Waals surface area contributed by atoms with Gasteiger partial charge < -0.3 is 25.0 Å². The average Bonchev–Trinajstić information content (AvgIpc) is 2.71. The molecule has 0 unspecified atom stereocenters. The van der Waals surface area contributed by atoms with Crippen LogP contribution in [0.25, 0.3) is 0 Å². The van der Waals surface area contributed by atoms with Gasteiger partial charge in [-0.25, -0.2) is 14.0 Å². The van der Waals surface area contributed by atoms with Crippen molar-refractivity contribution in [3.63, 3.8) is 0 Å². The van der Waals surface area contributed by atoms with Crippen molar-refractivity contribution in [1.82, 2.24) is 5.32 Å². The summed E-state index contributed by atoms with van der Waals surface area (Å²) >= 11 is 0. The van der Waals surface area contributed by atoms with Gasteiger partial charge in [0.2, 0.25) is 0 Å². The molecule has 2 aromatic carbocycles. The van der Waals surface area contributed by atoms with Gasteiger partial charge in [0.25, 0.3) is 0 Å². The highest BCUT2D eigenvalue weighted by Crippen LogP contribution is 2.37. The minimum absolute atomic E-state index is 0.0811. The fourth-order valence-electron chi connectivity index (χ4n) is 2.30. The number of carbonyl (C=O) groups is 2. The number of halogens is 1. The summed E-state index contributed by atoms with van der Waals surface area (Å²) in [5, 5.41) is 27.8. The largest absolute Gasteiger partial charge is 0.492 e. The molecule has 0 saturated heterocycles. The van der Waals surface area contributed by atoms with E-state index in [0.717, 1.165) is 5.56 Å². The Kier molecular flexibility index (Phi) is 9.52. The van der Waals surface area contributed by atoms with Crippen molar-refractivity contribution in [1.29, 1.82) is 5.26 Å². The van der Waals surface area contributed by atoms with Crippen LogP contribution in [-0.4, -0.2) is 36.3 Å². The number of carboxylic acid groups (broad SMARTS) is 2. The zero-order valence-corrected chi connectivity index (χ0v) is 16.6. The predicted octanol–water partition coefficient (Wildman–Crippen LogP) is 3.24. The molecule has 9 heteroatoms. The average molecular weight is 416 g/mol. The van der Waals surface area contributed by atoms with Gasteiger partial charge in [-0.15, -0.1) is 0 Å². The summed E-state index contributed by atoms with van der Waals surface area (Å²) in [4.78, 5) is 19.1. The van der Waals surface area contributed by atoms with E-state index in [2.05, 4.69) is 5.32 Å². The van der Waals surface area contributed by atoms with Gasteiger partial charge in [-0.3, -0.25) is 0 Å². The number of rotatable bonds is 7. The molecule has 0 saturated carbocycles. The van der Waals surface area contributed by atoms with Crippen LogP contribution in [0.1, 0.15) is 16.7 Å². The quantitative estimate of drug-likeness (QED) is 0.587. The van der Waals surface area contributed by atoms with E-state index in [9.17, 15) is 14.0 Å². The van der Waals surface area contributed by atoms with Crippen LogP contribution in [0.15, 0.2) is 42.5 Å². The number of benzene rings is 2. The monoisotopic (exact) mass is 416 g/mol. The molecule has 0 aliphatic carbocycles. The lowest BCUT2D eigenvalue weighted by Crippen LogP contribution is -2.07. The van der Waals surface area contributed by atoms with Crippen LogP contribution < -0.4 is 14.8 Å². The van der Waals surface area contributed by atoms with Crippen LogP contribution in [0, 0.1) is 24.1 Å². The molecule has 0 atom stereocenters. The number of methoxy groups -OCH3 is 1. The zero-order valence-electron chi connectivity index (χ0n) is 16.6. The number of nitrogens with zero attached hydrogens (tertiary/aromatic N) is 1. The molecule has 158 valence electrons. The molecule has 0 aliphatic rings. The first-order chi connectivity index (χ1) is 14.2. The van der Waals surface area contributed by atoms with E-state index in [1.807, 2.05) is 19.2 Å². The molecular weight excluding hydrogens is 395 g/mol. The minimum atomic E-state index is -1.26. The molecule has 0 spiro atoms. The molecular formula is C21H21FN2O6. The maximum atomic E-state index is 14.3. The maximum Gasteiger partial charge on any atom is 0.328 e. The predicted molar refractivity (Wildman–Crippen MR) is 106 cm³/mol. The topological polar surface area (TPSA) is 129 Å². The smallest absolute Gasteiger partial charge is 0.328 e. The molecule has 0 aromatic heterocycles. The summed E-state index contributed by atoms with van der Waals surface area (Å²) in [6.07, 6.45) is 1.12. The first kappa shape index (κ1) is 24.1. The van der Waals surface area contributed by atoms with Gasteiger partial charge in [0, 0.05) is 24.3 Å². The normalized spacial score (nSPS) is 9.97. The van der Waals surface area contributed by atoms with E-state index < -0.39 is 17.8 Å². The summed E-state index contributed by atoms with van der Waals surface area (Å²) < 4.78 is 25.3. The highest BCUT2D eigenvalue weighted by atomic mass is 19.1. The van der Waals surface area contributed by atoms with Gasteiger partial charge in [-0.1, -0.05) is 18.2 Å². The molecule has 2 rings (SSSR count). The second-order valence-electron chi connectivity index (χ2n) is 5.78. The third-order valence-electron chi connectivity index (χ3n) is 3.62. The molecule has 0 aliphatic heterocycles. The number of carboxylic acids is 2. The Morgan fingerprint density at radius 3 is 2.30 bits per heavy atom. The van der Waals surface area contributed by atoms with Gasteiger partial charge in [-0.05, 0) is 31.7 Å². The van der Waals surface area contributed by atoms with E-state index >= 15 is 0 Å². The van der Waals surface area contributed by atoms with E-state index in [0.29, 0.717) is 35.8 Å². The Morgan fingerprint density at radius 1 is 1.17 bits per heavy atom. The first-order valence-corrected chi connectivity index (χ1v) is 8.56. The highest BCUT2D eigenvalue weighted by Gasteiger charge is 2.17. The van der Waals surface area contributed by atoms with Gasteiger partial charge in [0.15, 0.2) is 23.1 Å². The molecule has 0 heterocycles. The van der Waals surface area contributed by atoms with Crippen molar-refractivity contribution in [2.45, 2.75) is 13.5 Å². The van der Waals surface area contributed by atoms with Gasteiger partial charge >= 0.3 is 11.9 Å². The summed E-state index contributed by atoms with van der Waals surface area (Å²) in [5.41, 5.74) is 1.44. The lowest BCUT2D eigenvalue weighted by molar-refractivity contribution is -0.134. The Labute approximate surface area is 172 Å². The molecule has 30 heavy (non-hydrogen) atoms. The van der Waals surface area contributed by atoms with Crippen molar-refractivity contribution in [2.24, 2.45) is 0 Å². The fourth-order valence-corrected chi connectivity index (χ4v) is 2.30. The van der Waals surface area contributed by atoms with E-state index in [1.165, 1.54) is 13.2 Å². The number of nitriles is 1. The number of nitrogens with one attached hydrogen (secondary N) is 1. The van der Waals surface area contributed by atoms with Crippen LogP contribution in [-0.2, 0) is 16.1 Å².